The first kappa shape index (κ1) is 25.1. The molecule has 8 rings (SSSR count). The molecule has 6 heteroatoms. The minimum Gasteiger partial charge on any atom is -0.309 e. The summed E-state index contributed by atoms with van der Waals surface area (Å²) in [6.07, 6.45) is 3.63. The summed E-state index contributed by atoms with van der Waals surface area (Å²) in [7, 11) is 0. The monoisotopic (exact) mass is 560 g/mol. The van der Waals surface area contributed by atoms with E-state index in [2.05, 4.69) is 56.6 Å². The number of hydrogen-bond donors (Lipinski definition) is 0. The van der Waals surface area contributed by atoms with E-state index in [1.54, 1.807) is 6.20 Å². The van der Waals surface area contributed by atoms with Gasteiger partial charge in [-0.05, 0) is 72.8 Å². The summed E-state index contributed by atoms with van der Waals surface area (Å²) in [5.41, 5.74) is 9.16. The number of hydrogen-bond acceptors (Lipinski definition) is 4. The fourth-order valence-corrected chi connectivity index (χ4v) is 6.41. The Labute approximate surface area is 252 Å². The van der Waals surface area contributed by atoms with Gasteiger partial charge in [0.05, 0.1) is 68.3 Å². The molecule has 0 radical (unpaired) electrons. The predicted octanol–water partition coefficient (Wildman–Crippen LogP) is 8.56. The molecule has 0 unspecified atom stereocenters. The topological polar surface area (TPSA) is 94.1 Å². The van der Waals surface area contributed by atoms with Gasteiger partial charge in [0.15, 0.2) is 0 Å². The van der Waals surface area contributed by atoms with E-state index in [4.69, 9.17) is 0 Å². The Morgan fingerprint density at radius 1 is 0.455 bits per heavy atom. The van der Waals surface area contributed by atoms with E-state index in [1.807, 2.05) is 91.1 Å². The maximum atomic E-state index is 9.98. The first-order valence-corrected chi connectivity index (χ1v) is 14.1. The van der Waals surface area contributed by atoms with Gasteiger partial charge < -0.3 is 9.13 Å². The quantitative estimate of drug-likeness (QED) is 0.216. The zero-order chi connectivity index (χ0) is 29.8. The van der Waals surface area contributed by atoms with Gasteiger partial charge >= 0.3 is 0 Å². The van der Waals surface area contributed by atoms with Gasteiger partial charge in [-0.3, -0.25) is 4.98 Å². The van der Waals surface area contributed by atoms with Gasteiger partial charge in [0.25, 0.3) is 0 Å². The zero-order valence-corrected chi connectivity index (χ0v) is 23.2. The second kappa shape index (κ2) is 9.71. The molecule has 0 aliphatic carbocycles. The number of nitriles is 3. The second-order valence-electron chi connectivity index (χ2n) is 10.6. The van der Waals surface area contributed by atoms with Crippen molar-refractivity contribution in [3.63, 3.8) is 0 Å². The molecule has 0 fully saturated rings. The molecular weight excluding hydrogens is 540 g/mol. The SMILES string of the molecule is N#Cc1ccc(-n2c3ccccc3c3cc(C#N)ccc32)c(-c2cnccc2-n2c3ccccc3c3cc(C#N)ccc32)c1. The lowest BCUT2D eigenvalue weighted by Crippen LogP contribution is -2.02. The van der Waals surface area contributed by atoms with Gasteiger partial charge in [-0.25, -0.2) is 0 Å². The number of benzene rings is 5. The van der Waals surface area contributed by atoms with E-state index >= 15 is 0 Å². The highest BCUT2D eigenvalue weighted by atomic mass is 15.0. The van der Waals surface area contributed by atoms with Gasteiger partial charge in [-0.15, -0.1) is 0 Å². The molecule has 3 aromatic heterocycles. The molecule has 0 spiro atoms. The Kier molecular flexibility index (Phi) is 5.53. The van der Waals surface area contributed by atoms with Crippen molar-refractivity contribution in [3.05, 3.63) is 138 Å². The Bertz CT molecular complexity index is 2600. The van der Waals surface area contributed by atoms with Crippen LogP contribution in [0.5, 0.6) is 0 Å². The Balaban J connectivity index is 1.48. The summed E-state index contributed by atoms with van der Waals surface area (Å²) in [6.45, 7) is 0. The molecule has 5 aromatic carbocycles. The van der Waals surface area contributed by atoms with Crippen molar-refractivity contribution in [1.82, 2.24) is 14.1 Å². The van der Waals surface area contributed by atoms with Gasteiger partial charge in [0, 0.05) is 45.1 Å². The van der Waals surface area contributed by atoms with E-state index in [-0.39, 0.29) is 0 Å². The summed E-state index contributed by atoms with van der Waals surface area (Å²) in [4.78, 5) is 4.56. The smallest absolute Gasteiger partial charge is 0.0991 e. The lowest BCUT2D eigenvalue weighted by Gasteiger charge is -2.18. The molecule has 0 bridgehead atoms. The normalized spacial score (nSPS) is 11.1. The van der Waals surface area contributed by atoms with E-state index in [0.717, 1.165) is 66.1 Å². The van der Waals surface area contributed by atoms with Crippen LogP contribution in [0.25, 0.3) is 66.1 Å². The molecule has 202 valence electrons. The van der Waals surface area contributed by atoms with Crippen LogP contribution in [0.4, 0.5) is 0 Å². The third kappa shape index (κ3) is 3.61. The van der Waals surface area contributed by atoms with Crippen LogP contribution in [0.1, 0.15) is 16.7 Å². The lowest BCUT2D eigenvalue weighted by molar-refractivity contribution is 1.14. The van der Waals surface area contributed by atoms with E-state index in [0.29, 0.717) is 16.7 Å². The Morgan fingerprint density at radius 2 is 0.932 bits per heavy atom. The molecular formula is C38H20N6. The van der Waals surface area contributed by atoms with Crippen molar-refractivity contribution >= 4 is 43.6 Å². The first-order chi connectivity index (χ1) is 21.7. The third-order valence-corrected chi connectivity index (χ3v) is 8.30. The predicted molar refractivity (Wildman–Crippen MR) is 172 cm³/mol. The van der Waals surface area contributed by atoms with Gasteiger partial charge in [-0.1, -0.05) is 36.4 Å². The summed E-state index contributed by atoms with van der Waals surface area (Å²) < 4.78 is 4.40. The van der Waals surface area contributed by atoms with E-state index in [1.165, 1.54) is 0 Å². The third-order valence-electron chi connectivity index (χ3n) is 8.30. The molecule has 0 aliphatic rings. The Hall–Kier alpha value is -6.68. The van der Waals surface area contributed by atoms with Gasteiger partial charge in [0.1, 0.15) is 0 Å². The number of rotatable bonds is 3. The number of para-hydroxylation sites is 2. The standard InChI is InChI=1S/C38H20N6/c39-20-24-9-12-35-29(17-24)27-5-1-3-7-33(27)43(35)37-14-11-26(22-41)19-31(37)32-23-42-16-15-38(32)44-34-8-4-2-6-28(34)30-18-25(21-40)10-13-36(30)44/h1-19,23H. The van der Waals surface area contributed by atoms with Crippen LogP contribution in [0.15, 0.2) is 122 Å². The number of pyridine rings is 1. The highest BCUT2D eigenvalue weighted by Crippen LogP contribution is 2.41. The average Bonchev–Trinajstić information content (AvgIpc) is 3.60. The van der Waals surface area contributed by atoms with Crippen LogP contribution in [-0.2, 0) is 0 Å². The molecule has 0 N–H and O–H groups in total. The van der Waals surface area contributed by atoms with E-state index < -0.39 is 0 Å². The minimum atomic E-state index is 0.534. The maximum absolute atomic E-state index is 9.98. The van der Waals surface area contributed by atoms with Crippen molar-refractivity contribution in [3.8, 4) is 40.7 Å². The largest absolute Gasteiger partial charge is 0.309 e. The molecule has 0 saturated heterocycles. The molecule has 6 nitrogen and oxygen atoms in total. The summed E-state index contributed by atoms with van der Waals surface area (Å²) in [6, 6.07) is 42.5. The number of nitrogens with zero attached hydrogens (tertiary/aromatic N) is 6. The average molecular weight is 561 g/mol. The molecule has 8 aromatic rings. The van der Waals surface area contributed by atoms with Crippen molar-refractivity contribution in [1.29, 1.82) is 15.8 Å². The zero-order valence-electron chi connectivity index (χ0n) is 23.2. The first-order valence-electron chi connectivity index (χ1n) is 14.1. The molecule has 0 saturated carbocycles. The van der Waals surface area contributed by atoms with Crippen molar-refractivity contribution < 1.29 is 0 Å². The van der Waals surface area contributed by atoms with Crippen molar-refractivity contribution in [2.75, 3.05) is 0 Å². The second-order valence-corrected chi connectivity index (χ2v) is 10.6. The van der Waals surface area contributed by atoms with Crippen LogP contribution < -0.4 is 0 Å². The molecule has 0 aliphatic heterocycles. The van der Waals surface area contributed by atoms with Crippen LogP contribution in [0, 0.1) is 34.0 Å². The fraction of sp³-hybridized carbons (Fsp3) is 0. The van der Waals surface area contributed by atoms with Gasteiger partial charge in [-0.2, -0.15) is 15.8 Å². The highest BCUT2D eigenvalue weighted by Gasteiger charge is 2.21. The van der Waals surface area contributed by atoms with E-state index in [9.17, 15) is 15.8 Å². The molecule has 44 heavy (non-hydrogen) atoms. The van der Waals surface area contributed by atoms with Crippen molar-refractivity contribution in [2.24, 2.45) is 0 Å². The van der Waals surface area contributed by atoms with Crippen molar-refractivity contribution in [2.45, 2.75) is 0 Å². The minimum absolute atomic E-state index is 0.534. The molecule has 0 amide bonds. The summed E-state index contributed by atoms with van der Waals surface area (Å²) >= 11 is 0. The van der Waals surface area contributed by atoms with Crippen LogP contribution >= 0.6 is 0 Å². The fourth-order valence-electron chi connectivity index (χ4n) is 6.41. The van der Waals surface area contributed by atoms with Gasteiger partial charge in [0.2, 0.25) is 0 Å². The number of aromatic nitrogens is 3. The highest BCUT2D eigenvalue weighted by molar-refractivity contribution is 6.11. The molecule has 3 heterocycles. The lowest BCUT2D eigenvalue weighted by atomic mass is 10.00. The maximum Gasteiger partial charge on any atom is 0.0991 e. The van der Waals surface area contributed by atoms with Crippen LogP contribution in [-0.4, -0.2) is 14.1 Å². The summed E-state index contributed by atoms with van der Waals surface area (Å²) in [5, 5.41) is 33.3. The Morgan fingerprint density at radius 3 is 1.50 bits per heavy atom. The van der Waals surface area contributed by atoms with Crippen LogP contribution in [0.2, 0.25) is 0 Å². The molecule has 0 atom stereocenters. The number of fused-ring (bicyclic) bond motifs is 6. The summed E-state index contributed by atoms with van der Waals surface area (Å²) in [5.74, 6) is 0. The van der Waals surface area contributed by atoms with Crippen LogP contribution in [0.3, 0.4) is 0 Å².